The van der Waals surface area contributed by atoms with Crippen LogP contribution in [0.2, 0.25) is 10.0 Å². The maximum atomic E-state index is 12.6. The number of halogens is 2. The number of benzene rings is 2. The molecule has 0 atom stereocenters. The average molecular weight is 331 g/mol. The topological polar surface area (TPSA) is 63.4 Å². The minimum atomic E-state index is -3.83. The number of nitrogens with two attached hydrogens (primary N) is 1. The molecule has 0 amide bonds. The third-order valence-corrected chi connectivity index (χ3v) is 5.30. The van der Waals surface area contributed by atoms with E-state index in [-0.39, 0.29) is 9.92 Å². The number of nitrogen functional groups attached to an aromatic ring is 1. The van der Waals surface area contributed by atoms with Crippen LogP contribution in [-0.4, -0.2) is 15.5 Å². The van der Waals surface area contributed by atoms with Crippen molar-refractivity contribution in [3.63, 3.8) is 0 Å². The van der Waals surface area contributed by atoms with Gasteiger partial charge in [-0.05, 0) is 30.3 Å². The van der Waals surface area contributed by atoms with Crippen molar-refractivity contribution in [3.05, 3.63) is 52.5 Å². The summed E-state index contributed by atoms with van der Waals surface area (Å²) in [7, 11) is -2.42. The Morgan fingerprint density at radius 2 is 1.75 bits per heavy atom. The number of rotatable bonds is 3. The maximum absolute atomic E-state index is 12.6. The Morgan fingerprint density at radius 1 is 1.10 bits per heavy atom. The zero-order valence-corrected chi connectivity index (χ0v) is 12.9. The highest BCUT2D eigenvalue weighted by atomic mass is 35.5. The van der Waals surface area contributed by atoms with Gasteiger partial charge in [-0.1, -0.05) is 35.3 Å². The summed E-state index contributed by atoms with van der Waals surface area (Å²) in [6.07, 6.45) is 0. The van der Waals surface area contributed by atoms with Gasteiger partial charge in [0.2, 0.25) is 0 Å². The molecule has 2 rings (SSSR count). The molecule has 0 spiro atoms. The molecular formula is C13H12Cl2N2O2S. The Kier molecular flexibility index (Phi) is 4.13. The largest absolute Gasteiger partial charge is 0.397 e. The highest BCUT2D eigenvalue weighted by Gasteiger charge is 2.25. The lowest BCUT2D eigenvalue weighted by atomic mass is 10.3. The number of sulfonamides is 1. The fourth-order valence-corrected chi connectivity index (χ4v) is 3.68. The molecule has 0 aliphatic heterocycles. The van der Waals surface area contributed by atoms with Crippen molar-refractivity contribution >= 4 is 44.6 Å². The fraction of sp³-hybridized carbons (Fsp3) is 0.0769. The molecule has 106 valence electrons. The first-order chi connectivity index (χ1) is 9.34. The van der Waals surface area contributed by atoms with Gasteiger partial charge in [-0.25, -0.2) is 8.42 Å². The number of para-hydroxylation sites is 2. The molecule has 20 heavy (non-hydrogen) atoms. The zero-order valence-electron chi connectivity index (χ0n) is 10.5. The van der Waals surface area contributed by atoms with Gasteiger partial charge < -0.3 is 5.73 Å². The Labute approximate surface area is 127 Å². The van der Waals surface area contributed by atoms with Crippen molar-refractivity contribution in [2.45, 2.75) is 4.90 Å². The molecule has 2 aromatic rings. The van der Waals surface area contributed by atoms with E-state index in [1.54, 1.807) is 24.3 Å². The first kappa shape index (κ1) is 15.0. The van der Waals surface area contributed by atoms with Crippen molar-refractivity contribution in [2.24, 2.45) is 0 Å². The van der Waals surface area contributed by atoms with E-state index in [0.29, 0.717) is 16.4 Å². The first-order valence-electron chi connectivity index (χ1n) is 5.62. The Morgan fingerprint density at radius 3 is 2.40 bits per heavy atom. The van der Waals surface area contributed by atoms with E-state index in [1.807, 2.05) is 0 Å². The van der Waals surface area contributed by atoms with Crippen LogP contribution in [0.25, 0.3) is 0 Å². The molecule has 0 aromatic heterocycles. The maximum Gasteiger partial charge on any atom is 0.265 e. The quantitative estimate of drug-likeness (QED) is 0.877. The van der Waals surface area contributed by atoms with Crippen LogP contribution in [0.1, 0.15) is 0 Å². The van der Waals surface area contributed by atoms with E-state index < -0.39 is 10.0 Å². The molecular weight excluding hydrogens is 319 g/mol. The molecule has 2 aromatic carbocycles. The van der Waals surface area contributed by atoms with Gasteiger partial charge in [0.05, 0.1) is 16.4 Å². The summed E-state index contributed by atoms with van der Waals surface area (Å²) in [4.78, 5) is -0.0579. The van der Waals surface area contributed by atoms with E-state index in [2.05, 4.69) is 0 Å². The highest BCUT2D eigenvalue weighted by Crippen LogP contribution is 2.31. The summed E-state index contributed by atoms with van der Waals surface area (Å²) in [6, 6.07) is 11.0. The second-order valence-electron chi connectivity index (χ2n) is 4.11. The molecule has 0 saturated heterocycles. The van der Waals surface area contributed by atoms with Crippen molar-refractivity contribution in [3.8, 4) is 0 Å². The molecule has 0 bridgehead atoms. The van der Waals surface area contributed by atoms with Gasteiger partial charge in [0, 0.05) is 12.1 Å². The number of anilines is 2. The van der Waals surface area contributed by atoms with E-state index in [1.165, 1.54) is 25.2 Å². The minimum Gasteiger partial charge on any atom is -0.397 e. The summed E-state index contributed by atoms with van der Waals surface area (Å²) < 4.78 is 26.3. The van der Waals surface area contributed by atoms with E-state index in [4.69, 9.17) is 28.9 Å². The van der Waals surface area contributed by atoms with Gasteiger partial charge in [0.1, 0.15) is 4.90 Å². The van der Waals surface area contributed by atoms with Crippen LogP contribution in [0.5, 0.6) is 0 Å². The lowest BCUT2D eigenvalue weighted by Gasteiger charge is -2.21. The van der Waals surface area contributed by atoms with Crippen LogP contribution >= 0.6 is 23.2 Å². The second kappa shape index (κ2) is 5.52. The molecule has 0 heterocycles. The molecule has 0 unspecified atom stereocenters. The molecule has 7 heteroatoms. The minimum absolute atomic E-state index is 0.0579. The van der Waals surface area contributed by atoms with Crippen molar-refractivity contribution < 1.29 is 8.42 Å². The molecule has 0 aliphatic rings. The Balaban J connectivity index is 2.56. The molecule has 0 aliphatic carbocycles. The molecule has 0 saturated carbocycles. The van der Waals surface area contributed by atoms with Crippen LogP contribution in [0.15, 0.2) is 47.4 Å². The lowest BCUT2D eigenvalue weighted by molar-refractivity contribution is 0.594. The van der Waals surface area contributed by atoms with Gasteiger partial charge in [0.25, 0.3) is 10.0 Å². The van der Waals surface area contributed by atoms with Crippen LogP contribution in [0.3, 0.4) is 0 Å². The SMILES string of the molecule is CN(c1ccccc1N)S(=O)(=O)c1cc(Cl)ccc1Cl. The summed E-state index contributed by atoms with van der Waals surface area (Å²) in [5.74, 6) is 0. The van der Waals surface area contributed by atoms with Crippen molar-refractivity contribution in [1.82, 2.24) is 0 Å². The van der Waals surface area contributed by atoms with Crippen LogP contribution in [0, 0.1) is 0 Å². The standard InChI is InChI=1S/C13H12Cl2N2O2S/c1-17(12-5-3-2-4-11(12)16)20(18,19)13-8-9(14)6-7-10(13)15/h2-8H,16H2,1H3. The second-order valence-corrected chi connectivity index (χ2v) is 6.89. The number of hydrogen-bond donors (Lipinski definition) is 1. The monoisotopic (exact) mass is 330 g/mol. The normalized spacial score (nSPS) is 11.3. The fourth-order valence-electron chi connectivity index (χ4n) is 1.73. The van der Waals surface area contributed by atoms with E-state index in [0.717, 1.165) is 4.31 Å². The molecule has 0 fully saturated rings. The highest BCUT2D eigenvalue weighted by molar-refractivity contribution is 7.93. The van der Waals surface area contributed by atoms with Gasteiger partial charge in [-0.15, -0.1) is 0 Å². The lowest BCUT2D eigenvalue weighted by Crippen LogP contribution is -2.27. The van der Waals surface area contributed by atoms with Crippen molar-refractivity contribution in [2.75, 3.05) is 17.1 Å². The first-order valence-corrected chi connectivity index (χ1v) is 7.82. The molecule has 2 N–H and O–H groups in total. The molecule has 0 radical (unpaired) electrons. The predicted molar refractivity (Wildman–Crippen MR) is 82.9 cm³/mol. The van der Waals surface area contributed by atoms with Gasteiger partial charge in [-0.3, -0.25) is 4.31 Å². The van der Waals surface area contributed by atoms with Gasteiger partial charge >= 0.3 is 0 Å². The zero-order chi connectivity index (χ0) is 14.9. The number of hydrogen-bond acceptors (Lipinski definition) is 3. The van der Waals surface area contributed by atoms with Gasteiger partial charge in [0.15, 0.2) is 0 Å². The van der Waals surface area contributed by atoms with Crippen LogP contribution < -0.4 is 10.0 Å². The summed E-state index contributed by atoms with van der Waals surface area (Å²) in [6.45, 7) is 0. The van der Waals surface area contributed by atoms with E-state index in [9.17, 15) is 8.42 Å². The smallest absolute Gasteiger partial charge is 0.265 e. The summed E-state index contributed by atoms with van der Waals surface area (Å²) >= 11 is 11.8. The average Bonchev–Trinajstić information content (AvgIpc) is 2.41. The van der Waals surface area contributed by atoms with Gasteiger partial charge in [-0.2, -0.15) is 0 Å². The van der Waals surface area contributed by atoms with Crippen LogP contribution in [0.4, 0.5) is 11.4 Å². The van der Waals surface area contributed by atoms with Crippen molar-refractivity contribution in [1.29, 1.82) is 0 Å². The number of nitrogens with zero attached hydrogens (tertiary/aromatic N) is 1. The van der Waals surface area contributed by atoms with Crippen LogP contribution in [-0.2, 0) is 10.0 Å². The summed E-state index contributed by atoms with van der Waals surface area (Å²) in [5, 5.41) is 0.401. The Bertz CT molecular complexity index is 748. The third kappa shape index (κ3) is 2.70. The summed E-state index contributed by atoms with van der Waals surface area (Å²) in [5.41, 5.74) is 6.54. The molecule has 4 nitrogen and oxygen atoms in total. The van der Waals surface area contributed by atoms with E-state index >= 15 is 0 Å². The predicted octanol–water partition coefficient (Wildman–Crippen LogP) is 3.40. The third-order valence-electron chi connectivity index (χ3n) is 2.81. The Hall–Kier alpha value is -1.43.